The Kier molecular flexibility index (Phi) is 5.87. The lowest BCUT2D eigenvalue weighted by Crippen LogP contribution is -2.40. The van der Waals surface area contributed by atoms with E-state index >= 15 is 0 Å². The van der Waals surface area contributed by atoms with Crippen LogP contribution in [0.3, 0.4) is 0 Å². The van der Waals surface area contributed by atoms with Gasteiger partial charge in [0.2, 0.25) is 0 Å². The van der Waals surface area contributed by atoms with Crippen molar-refractivity contribution in [3.05, 3.63) is 27.7 Å². The predicted molar refractivity (Wildman–Crippen MR) is 92.1 cm³/mol. The monoisotopic (exact) mass is 358 g/mol. The van der Waals surface area contributed by atoms with Crippen molar-refractivity contribution < 1.29 is 9.16 Å². The van der Waals surface area contributed by atoms with Gasteiger partial charge in [0.05, 0.1) is 18.2 Å². The van der Waals surface area contributed by atoms with Gasteiger partial charge in [0.25, 0.3) is 0 Å². The van der Waals surface area contributed by atoms with Crippen LogP contribution in [-0.2, 0) is 17.5 Å². The van der Waals surface area contributed by atoms with Gasteiger partial charge in [0, 0.05) is 0 Å². The Morgan fingerprint density at radius 3 is 2.20 bits per heavy atom. The highest BCUT2D eigenvalue weighted by Gasteiger charge is 2.37. The maximum absolute atomic E-state index is 6.33. The third-order valence-corrected chi connectivity index (χ3v) is 9.35. The van der Waals surface area contributed by atoms with E-state index in [1.54, 1.807) is 7.11 Å². The Morgan fingerprint density at radius 1 is 1.15 bits per heavy atom. The number of ether oxygens (including phenoxy) is 1. The molecule has 114 valence electrons. The zero-order valence-electron chi connectivity index (χ0n) is 13.8. The minimum Gasteiger partial charge on any atom is -0.496 e. The van der Waals surface area contributed by atoms with Gasteiger partial charge in [-0.05, 0) is 63.7 Å². The van der Waals surface area contributed by atoms with Gasteiger partial charge < -0.3 is 9.16 Å². The highest BCUT2D eigenvalue weighted by molar-refractivity contribution is 9.10. The molecule has 0 spiro atoms. The number of hydrogen-bond acceptors (Lipinski definition) is 2. The van der Waals surface area contributed by atoms with Crippen molar-refractivity contribution in [3.63, 3.8) is 0 Å². The third kappa shape index (κ3) is 4.09. The summed E-state index contributed by atoms with van der Waals surface area (Å²) >= 11 is 3.55. The molecule has 0 aliphatic heterocycles. The van der Waals surface area contributed by atoms with Gasteiger partial charge >= 0.3 is 0 Å². The second-order valence-corrected chi connectivity index (χ2v) is 12.3. The second kappa shape index (κ2) is 6.63. The van der Waals surface area contributed by atoms with Gasteiger partial charge in [0.15, 0.2) is 8.32 Å². The molecule has 0 amide bonds. The topological polar surface area (TPSA) is 18.5 Å². The molecule has 0 N–H and O–H groups in total. The van der Waals surface area contributed by atoms with Crippen LogP contribution in [0.2, 0.25) is 18.1 Å². The first-order chi connectivity index (χ1) is 9.12. The predicted octanol–water partition coefficient (Wildman–Crippen LogP) is 5.54. The minimum absolute atomic E-state index is 0.235. The summed E-state index contributed by atoms with van der Waals surface area (Å²) in [5, 5.41) is 0.235. The van der Waals surface area contributed by atoms with E-state index in [9.17, 15) is 0 Å². The molecule has 1 aromatic rings. The Balaban J connectivity index is 2.98. The number of aryl methyl sites for hydroxylation is 1. The molecule has 0 aliphatic rings. The van der Waals surface area contributed by atoms with Crippen LogP contribution in [0.15, 0.2) is 16.6 Å². The van der Waals surface area contributed by atoms with Crippen molar-refractivity contribution in [2.75, 3.05) is 7.11 Å². The fourth-order valence-corrected chi connectivity index (χ4v) is 3.23. The van der Waals surface area contributed by atoms with E-state index in [1.165, 1.54) is 11.1 Å². The molecule has 0 unspecified atom stereocenters. The van der Waals surface area contributed by atoms with E-state index in [2.05, 4.69) is 68.9 Å². The molecule has 1 aromatic carbocycles. The summed E-state index contributed by atoms with van der Waals surface area (Å²) in [6.45, 7) is 14.2. The summed E-state index contributed by atoms with van der Waals surface area (Å²) in [5.74, 6) is 0.871. The molecule has 0 radical (unpaired) electrons. The van der Waals surface area contributed by atoms with Crippen LogP contribution in [0.1, 0.15) is 38.8 Å². The fourth-order valence-electron chi connectivity index (χ4n) is 1.73. The first kappa shape index (κ1) is 17.7. The zero-order valence-corrected chi connectivity index (χ0v) is 16.3. The molecule has 2 nitrogen and oxygen atoms in total. The Bertz CT molecular complexity index is 464. The number of methoxy groups -OCH3 is 1. The van der Waals surface area contributed by atoms with Gasteiger partial charge in [0.1, 0.15) is 5.75 Å². The molecule has 0 heterocycles. The molecule has 0 bridgehead atoms. The van der Waals surface area contributed by atoms with Crippen molar-refractivity contribution in [3.8, 4) is 5.75 Å². The SMILES string of the molecule is CCc1cc(Br)c(OC)cc1CO[Si](C)(C)C(C)(C)C. The normalized spacial score (nSPS) is 12.6. The van der Waals surface area contributed by atoms with E-state index in [0.29, 0.717) is 6.61 Å². The van der Waals surface area contributed by atoms with Crippen LogP contribution < -0.4 is 4.74 Å². The molecule has 0 aliphatic carbocycles. The van der Waals surface area contributed by atoms with Crippen molar-refractivity contribution >= 4 is 24.2 Å². The first-order valence-corrected chi connectivity index (χ1v) is 10.8. The summed E-state index contributed by atoms with van der Waals surface area (Å²) in [6.07, 6.45) is 0.999. The van der Waals surface area contributed by atoms with Crippen LogP contribution in [0.5, 0.6) is 5.75 Å². The van der Waals surface area contributed by atoms with Gasteiger partial charge in [-0.25, -0.2) is 0 Å². The van der Waals surface area contributed by atoms with Crippen molar-refractivity contribution in [2.24, 2.45) is 0 Å². The van der Waals surface area contributed by atoms with E-state index in [-0.39, 0.29) is 5.04 Å². The van der Waals surface area contributed by atoms with Gasteiger partial charge in [-0.2, -0.15) is 0 Å². The maximum Gasteiger partial charge on any atom is 0.192 e. The van der Waals surface area contributed by atoms with Crippen molar-refractivity contribution in [1.29, 1.82) is 0 Å². The maximum atomic E-state index is 6.33. The Hall–Kier alpha value is -0.323. The van der Waals surface area contributed by atoms with E-state index < -0.39 is 8.32 Å². The smallest absolute Gasteiger partial charge is 0.192 e. The quantitative estimate of drug-likeness (QED) is 0.643. The molecule has 0 saturated heterocycles. The fraction of sp³-hybridized carbons (Fsp3) is 0.625. The Morgan fingerprint density at radius 2 is 1.75 bits per heavy atom. The largest absolute Gasteiger partial charge is 0.496 e. The molecule has 0 fully saturated rings. The highest BCUT2D eigenvalue weighted by Crippen LogP contribution is 2.38. The zero-order chi connectivity index (χ0) is 15.6. The van der Waals surface area contributed by atoms with Crippen molar-refractivity contribution in [1.82, 2.24) is 0 Å². The van der Waals surface area contributed by atoms with Gasteiger partial charge in [-0.15, -0.1) is 0 Å². The number of hydrogen-bond donors (Lipinski definition) is 0. The minimum atomic E-state index is -1.72. The van der Waals surface area contributed by atoms with Crippen LogP contribution in [-0.4, -0.2) is 15.4 Å². The van der Waals surface area contributed by atoms with E-state index in [0.717, 1.165) is 16.6 Å². The second-order valence-electron chi connectivity index (χ2n) is 6.66. The molecule has 0 aromatic heterocycles. The molecular weight excluding hydrogens is 332 g/mol. The molecule has 4 heteroatoms. The number of benzene rings is 1. The van der Waals surface area contributed by atoms with E-state index in [4.69, 9.17) is 9.16 Å². The van der Waals surface area contributed by atoms with Crippen molar-refractivity contribution in [2.45, 2.75) is 58.9 Å². The summed E-state index contributed by atoms with van der Waals surface area (Å²) in [4.78, 5) is 0. The number of halogens is 1. The lowest BCUT2D eigenvalue weighted by atomic mass is 10.1. The van der Waals surface area contributed by atoms with E-state index in [1.807, 2.05) is 0 Å². The van der Waals surface area contributed by atoms with Crippen LogP contribution in [0, 0.1) is 0 Å². The molecule has 20 heavy (non-hydrogen) atoms. The lowest BCUT2D eigenvalue weighted by Gasteiger charge is -2.36. The van der Waals surface area contributed by atoms with Gasteiger partial charge in [-0.1, -0.05) is 27.7 Å². The van der Waals surface area contributed by atoms with Crippen LogP contribution >= 0.6 is 15.9 Å². The third-order valence-electron chi connectivity index (χ3n) is 4.25. The van der Waals surface area contributed by atoms with Gasteiger partial charge in [-0.3, -0.25) is 0 Å². The lowest BCUT2D eigenvalue weighted by molar-refractivity contribution is 0.274. The van der Waals surface area contributed by atoms with Crippen LogP contribution in [0.4, 0.5) is 0 Å². The molecular formula is C16H27BrO2Si. The summed E-state index contributed by atoms with van der Waals surface area (Å²) in [5.41, 5.74) is 2.55. The molecule has 1 rings (SSSR count). The van der Waals surface area contributed by atoms with Crippen LogP contribution in [0.25, 0.3) is 0 Å². The first-order valence-electron chi connectivity index (χ1n) is 7.11. The highest BCUT2D eigenvalue weighted by atomic mass is 79.9. The molecule has 0 atom stereocenters. The Labute approximate surface area is 133 Å². The average Bonchev–Trinajstić information content (AvgIpc) is 2.35. The summed E-state index contributed by atoms with van der Waals surface area (Å²) in [7, 11) is -0.0185. The standard InChI is InChI=1S/C16H27BrO2Si/c1-8-12-9-14(17)15(18-5)10-13(12)11-19-20(6,7)16(2,3)4/h9-10H,8,11H2,1-7H3. The average molecular weight is 359 g/mol. The summed E-state index contributed by atoms with van der Waals surface area (Å²) in [6, 6.07) is 4.24. The summed E-state index contributed by atoms with van der Waals surface area (Å²) < 4.78 is 12.7. The number of rotatable bonds is 5. The molecule has 0 saturated carbocycles.